The van der Waals surface area contributed by atoms with Crippen LogP contribution in [0.15, 0.2) is 29.2 Å². The van der Waals surface area contributed by atoms with Gasteiger partial charge in [-0.2, -0.15) is 13.2 Å². The Morgan fingerprint density at radius 1 is 1.15 bits per heavy atom. The van der Waals surface area contributed by atoms with Gasteiger partial charge in [0.15, 0.2) is 0 Å². The summed E-state index contributed by atoms with van der Waals surface area (Å²) in [5.74, 6) is -0.0733. The van der Waals surface area contributed by atoms with Crippen molar-refractivity contribution in [2.45, 2.75) is 49.7 Å². The molecule has 1 aliphatic rings. The molecule has 1 fully saturated rings. The van der Waals surface area contributed by atoms with Crippen molar-refractivity contribution < 1.29 is 13.2 Å². The van der Waals surface area contributed by atoms with Gasteiger partial charge in [-0.15, -0.1) is 11.8 Å². The first kappa shape index (κ1) is 15.5. The highest BCUT2D eigenvalue weighted by Gasteiger charge is 2.28. The van der Waals surface area contributed by atoms with E-state index in [0.29, 0.717) is 10.9 Å². The fraction of sp³-hybridized carbons (Fsp3) is 0.600. The van der Waals surface area contributed by atoms with Crippen LogP contribution in [0.1, 0.15) is 32.6 Å². The standard InChI is InChI=1S/C15H20F3NS/c1-11-6-8-12(9-7-11)19-13-4-2-3-5-14(13)20-10-15(16,17)18/h2-5,11-12,19H,6-10H2,1H3. The number of alkyl halides is 3. The zero-order valence-electron chi connectivity index (χ0n) is 11.5. The Hall–Kier alpha value is -0.840. The summed E-state index contributed by atoms with van der Waals surface area (Å²) in [5.41, 5.74) is 0.835. The second kappa shape index (κ2) is 6.74. The van der Waals surface area contributed by atoms with Crippen molar-refractivity contribution in [3.05, 3.63) is 24.3 Å². The number of halogens is 3. The molecule has 0 spiro atoms. The van der Waals surface area contributed by atoms with E-state index in [1.807, 2.05) is 12.1 Å². The van der Waals surface area contributed by atoms with E-state index < -0.39 is 11.9 Å². The maximum atomic E-state index is 12.3. The number of hydrogen-bond acceptors (Lipinski definition) is 2. The van der Waals surface area contributed by atoms with Gasteiger partial charge in [-0.25, -0.2) is 0 Å². The highest BCUT2D eigenvalue weighted by atomic mass is 32.2. The van der Waals surface area contributed by atoms with E-state index in [2.05, 4.69) is 12.2 Å². The zero-order chi connectivity index (χ0) is 14.6. The van der Waals surface area contributed by atoms with Gasteiger partial charge in [0.05, 0.1) is 5.75 Å². The lowest BCUT2D eigenvalue weighted by molar-refractivity contribution is -0.105. The second-order valence-corrected chi connectivity index (χ2v) is 6.52. The van der Waals surface area contributed by atoms with Gasteiger partial charge in [0, 0.05) is 16.6 Å². The normalized spacial score (nSPS) is 23.6. The van der Waals surface area contributed by atoms with Gasteiger partial charge in [0.25, 0.3) is 0 Å². The number of nitrogens with one attached hydrogen (secondary N) is 1. The van der Waals surface area contributed by atoms with Crippen LogP contribution in [0.5, 0.6) is 0 Å². The summed E-state index contributed by atoms with van der Waals surface area (Å²) in [6, 6.07) is 7.66. The minimum Gasteiger partial charge on any atom is -0.381 e. The monoisotopic (exact) mass is 303 g/mol. The summed E-state index contributed by atoms with van der Waals surface area (Å²) in [4.78, 5) is 0.684. The van der Waals surface area contributed by atoms with Crippen LogP contribution >= 0.6 is 11.8 Å². The Kier molecular flexibility index (Phi) is 5.24. The molecular weight excluding hydrogens is 283 g/mol. The molecule has 1 aliphatic carbocycles. The Balaban J connectivity index is 1.97. The molecule has 112 valence electrons. The molecule has 0 atom stereocenters. The molecule has 1 saturated carbocycles. The molecule has 0 saturated heterocycles. The third-order valence-corrected chi connectivity index (χ3v) is 4.79. The molecular formula is C15H20F3NS. The first-order valence-corrected chi connectivity index (χ1v) is 7.98. The van der Waals surface area contributed by atoms with Gasteiger partial charge in [-0.3, -0.25) is 0 Å². The predicted octanol–water partition coefficient (Wildman–Crippen LogP) is 5.33. The average Bonchev–Trinajstić information content (AvgIpc) is 2.39. The number of thioether (sulfide) groups is 1. The van der Waals surface area contributed by atoms with Crippen LogP contribution in [0.25, 0.3) is 0 Å². The topological polar surface area (TPSA) is 12.0 Å². The third kappa shape index (κ3) is 4.93. The molecule has 20 heavy (non-hydrogen) atoms. The number of para-hydroxylation sites is 1. The fourth-order valence-electron chi connectivity index (χ4n) is 2.50. The summed E-state index contributed by atoms with van der Waals surface area (Å²) >= 11 is 0.856. The minimum atomic E-state index is -4.13. The highest BCUT2D eigenvalue weighted by molar-refractivity contribution is 7.99. The van der Waals surface area contributed by atoms with Crippen LogP contribution in [0.3, 0.4) is 0 Å². The van der Waals surface area contributed by atoms with E-state index in [0.717, 1.165) is 36.2 Å². The second-order valence-electron chi connectivity index (χ2n) is 5.50. The van der Waals surface area contributed by atoms with Gasteiger partial charge in [0.1, 0.15) is 0 Å². The van der Waals surface area contributed by atoms with E-state index in [1.54, 1.807) is 12.1 Å². The summed E-state index contributed by atoms with van der Waals surface area (Å²) in [6.45, 7) is 2.25. The van der Waals surface area contributed by atoms with Crippen LogP contribution in [-0.2, 0) is 0 Å². The highest BCUT2D eigenvalue weighted by Crippen LogP contribution is 2.34. The molecule has 0 unspecified atom stereocenters. The smallest absolute Gasteiger partial charge is 0.381 e. The summed E-state index contributed by atoms with van der Waals surface area (Å²) < 4.78 is 37.0. The third-order valence-electron chi connectivity index (χ3n) is 3.65. The zero-order valence-corrected chi connectivity index (χ0v) is 12.4. The molecule has 1 nitrogen and oxygen atoms in total. The van der Waals surface area contributed by atoms with Crippen molar-refractivity contribution in [1.82, 2.24) is 0 Å². The average molecular weight is 303 g/mol. The number of rotatable bonds is 4. The van der Waals surface area contributed by atoms with Crippen molar-refractivity contribution in [2.75, 3.05) is 11.1 Å². The number of anilines is 1. The molecule has 1 N–H and O–H groups in total. The van der Waals surface area contributed by atoms with E-state index in [4.69, 9.17) is 0 Å². The molecule has 2 rings (SSSR count). The van der Waals surface area contributed by atoms with E-state index >= 15 is 0 Å². The van der Waals surface area contributed by atoms with Gasteiger partial charge >= 0.3 is 6.18 Å². The lowest BCUT2D eigenvalue weighted by Crippen LogP contribution is -2.25. The molecule has 0 heterocycles. The van der Waals surface area contributed by atoms with Gasteiger partial charge in [-0.1, -0.05) is 19.1 Å². The number of benzene rings is 1. The Morgan fingerprint density at radius 3 is 2.45 bits per heavy atom. The molecule has 1 aromatic carbocycles. The van der Waals surface area contributed by atoms with Crippen LogP contribution in [-0.4, -0.2) is 18.0 Å². The van der Waals surface area contributed by atoms with Crippen LogP contribution in [0.4, 0.5) is 18.9 Å². The Bertz CT molecular complexity index is 425. The van der Waals surface area contributed by atoms with Crippen LogP contribution in [0.2, 0.25) is 0 Å². The largest absolute Gasteiger partial charge is 0.398 e. The van der Waals surface area contributed by atoms with E-state index in [1.165, 1.54) is 12.8 Å². The van der Waals surface area contributed by atoms with E-state index in [9.17, 15) is 13.2 Å². The first-order chi connectivity index (χ1) is 9.44. The summed E-state index contributed by atoms with van der Waals surface area (Å²) in [5, 5.41) is 3.42. The summed E-state index contributed by atoms with van der Waals surface area (Å²) in [6.07, 6.45) is 0.446. The minimum absolute atomic E-state index is 0.388. The van der Waals surface area contributed by atoms with Crippen molar-refractivity contribution in [1.29, 1.82) is 0 Å². The van der Waals surface area contributed by atoms with Crippen molar-refractivity contribution in [2.24, 2.45) is 5.92 Å². The quantitative estimate of drug-likeness (QED) is 0.754. The van der Waals surface area contributed by atoms with Crippen molar-refractivity contribution in [3.8, 4) is 0 Å². The van der Waals surface area contributed by atoms with Gasteiger partial charge in [-0.05, 0) is 43.7 Å². The number of hydrogen-bond donors (Lipinski definition) is 1. The molecule has 1 aromatic rings. The van der Waals surface area contributed by atoms with Gasteiger partial charge < -0.3 is 5.32 Å². The van der Waals surface area contributed by atoms with Crippen molar-refractivity contribution in [3.63, 3.8) is 0 Å². The Morgan fingerprint density at radius 2 is 1.80 bits per heavy atom. The molecule has 0 aliphatic heterocycles. The first-order valence-electron chi connectivity index (χ1n) is 6.99. The molecule has 0 aromatic heterocycles. The van der Waals surface area contributed by atoms with Crippen LogP contribution in [0, 0.1) is 5.92 Å². The summed E-state index contributed by atoms with van der Waals surface area (Å²) in [7, 11) is 0. The lowest BCUT2D eigenvalue weighted by Gasteiger charge is -2.28. The van der Waals surface area contributed by atoms with Crippen molar-refractivity contribution >= 4 is 17.4 Å². The maximum Gasteiger partial charge on any atom is 0.398 e. The maximum absolute atomic E-state index is 12.3. The lowest BCUT2D eigenvalue weighted by atomic mass is 9.87. The predicted molar refractivity (Wildman–Crippen MR) is 78.3 cm³/mol. The molecule has 0 radical (unpaired) electrons. The van der Waals surface area contributed by atoms with Crippen LogP contribution < -0.4 is 5.32 Å². The van der Waals surface area contributed by atoms with E-state index in [-0.39, 0.29) is 0 Å². The van der Waals surface area contributed by atoms with Gasteiger partial charge in [0.2, 0.25) is 0 Å². The molecule has 0 amide bonds. The SMILES string of the molecule is CC1CCC(Nc2ccccc2SCC(F)(F)F)CC1. The fourth-order valence-corrected chi connectivity index (χ4v) is 3.27. The Labute approximate surface area is 122 Å². The molecule has 5 heteroatoms. The molecule has 0 bridgehead atoms.